The zero-order chi connectivity index (χ0) is 14.5. The average Bonchev–Trinajstić information content (AvgIpc) is 3.17. The molecule has 116 valence electrons. The van der Waals surface area contributed by atoms with Gasteiger partial charge in [-0.25, -0.2) is 4.98 Å². The van der Waals surface area contributed by atoms with Gasteiger partial charge in [0.25, 0.3) is 0 Å². The zero-order valence-corrected chi connectivity index (χ0v) is 13.0. The monoisotopic (exact) mass is 310 g/mol. The van der Waals surface area contributed by atoms with Crippen LogP contribution >= 0.6 is 11.8 Å². The number of carbonyl (C=O) groups is 1. The van der Waals surface area contributed by atoms with Gasteiger partial charge in [-0.2, -0.15) is 0 Å². The van der Waals surface area contributed by atoms with Gasteiger partial charge in [0.1, 0.15) is 6.10 Å². The Morgan fingerprint density at radius 1 is 1.29 bits per heavy atom. The molecule has 1 saturated heterocycles. The van der Waals surface area contributed by atoms with E-state index in [1.54, 1.807) is 0 Å². The molecule has 1 amide bonds. The summed E-state index contributed by atoms with van der Waals surface area (Å²) in [4.78, 5) is 16.3. The van der Waals surface area contributed by atoms with Crippen molar-refractivity contribution >= 4 is 17.7 Å². The Morgan fingerprint density at radius 2 is 2.14 bits per heavy atom. The van der Waals surface area contributed by atoms with Crippen LogP contribution in [0.2, 0.25) is 0 Å². The summed E-state index contributed by atoms with van der Waals surface area (Å²) in [6.07, 6.45) is 8.07. The minimum absolute atomic E-state index is 0.0444. The second-order valence-electron chi connectivity index (χ2n) is 5.70. The molecule has 7 heteroatoms. The number of hydrogen-bond acceptors (Lipinski definition) is 5. The average molecular weight is 310 g/mol. The highest BCUT2D eigenvalue weighted by atomic mass is 32.2. The minimum Gasteiger partial charge on any atom is -0.370 e. The first-order valence-electron chi connectivity index (χ1n) is 7.77. The summed E-state index contributed by atoms with van der Waals surface area (Å²) in [5.74, 6) is 1.23. The summed E-state index contributed by atoms with van der Waals surface area (Å²) in [7, 11) is 0. The lowest BCUT2D eigenvalue weighted by atomic mass is 9.95. The number of nitrogens with one attached hydrogen (secondary N) is 2. The number of amides is 1. The molecular weight excluding hydrogens is 288 g/mol. The Bertz CT molecular complexity index is 467. The number of H-pyrrole nitrogens is 1. The summed E-state index contributed by atoms with van der Waals surface area (Å²) in [5, 5.41) is 10.8. The van der Waals surface area contributed by atoms with Crippen LogP contribution < -0.4 is 5.32 Å². The lowest BCUT2D eigenvalue weighted by Gasteiger charge is -2.22. The van der Waals surface area contributed by atoms with Gasteiger partial charge in [0.05, 0.1) is 5.75 Å². The summed E-state index contributed by atoms with van der Waals surface area (Å²) in [5.41, 5.74) is 0. The number of nitrogens with zero attached hydrogens (tertiary/aromatic N) is 2. The molecule has 0 unspecified atom stereocenters. The van der Waals surface area contributed by atoms with Gasteiger partial charge in [-0.1, -0.05) is 31.0 Å². The largest absolute Gasteiger partial charge is 0.370 e. The highest BCUT2D eigenvalue weighted by molar-refractivity contribution is 7.99. The number of carbonyl (C=O) groups excluding carboxylic acids is 1. The summed E-state index contributed by atoms with van der Waals surface area (Å²) in [6, 6.07) is 0.362. The topological polar surface area (TPSA) is 79.9 Å². The van der Waals surface area contributed by atoms with E-state index in [2.05, 4.69) is 20.5 Å². The number of aromatic amines is 1. The van der Waals surface area contributed by atoms with Crippen molar-refractivity contribution in [3.8, 4) is 0 Å². The van der Waals surface area contributed by atoms with Gasteiger partial charge in [-0.3, -0.25) is 9.89 Å². The van der Waals surface area contributed by atoms with Crippen LogP contribution in [0, 0.1) is 0 Å². The summed E-state index contributed by atoms with van der Waals surface area (Å²) in [6.45, 7) is 0.789. The van der Waals surface area contributed by atoms with E-state index in [1.165, 1.54) is 31.0 Å². The quantitative estimate of drug-likeness (QED) is 0.815. The first kappa shape index (κ1) is 14.8. The molecule has 1 saturated carbocycles. The van der Waals surface area contributed by atoms with Crippen molar-refractivity contribution in [3.05, 3.63) is 5.82 Å². The number of rotatable bonds is 5. The number of thioether (sulfide) groups is 1. The van der Waals surface area contributed by atoms with Gasteiger partial charge in [-0.15, -0.1) is 5.10 Å². The smallest absolute Gasteiger partial charge is 0.230 e. The van der Waals surface area contributed by atoms with Crippen LogP contribution in [0.5, 0.6) is 0 Å². The van der Waals surface area contributed by atoms with Crippen molar-refractivity contribution in [2.24, 2.45) is 0 Å². The van der Waals surface area contributed by atoms with Gasteiger partial charge < -0.3 is 10.1 Å². The van der Waals surface area contributed by atoms with E-state index in [4.69, 9.17) is 4.74 Å². The Hall–Kier alpha value is -1.08. The van der Waals surface area contributed by atoms with E-state index in [1.807, 2.05) is 0 Å². The molecule has 0 radical (unpaired) electrons. The molecule has 1 aromatic heterocycles. The van der Waals surface area contributed by atoms with Crippen LogP contribution in [0.4, 0.5) is 0 Å². The molecule has 1 aromatic rings. The molecule has 2 fully saturated rings. The van der Waals surface area contributed by atoms with Crippen LogP contribution in [-0.2, 0) is 9.53 Å². The highest BCUT2D eigenvalue weighted by Gasteiger charge is 2.22. The Balaban J connectivity index is 1.42. The van der Waals surface area contributed by atoms with Crippen LogP contribution in [0.25, 0.3) is 0 Å². The zero-order valence-electron chi connectivity index (χ0n) is 12.1. The minimum atomic E-state index is 0.0444. The maximum absolute atomic E-state index is 11.9. The molecule has 6 nitrogen and oxygen atoms in total. The van der Waals surface area contributed by atoms with Crippen molar-refractivity contribution < 1.29 is 9.53 Å². The molecule has 1 aliphatic heterocycles. The molecule has 3 rings (SSSR count). The van der Waals surface area contributed by atoms with Crippen molar-refractivity contribution in [3.63, 3.8) is 0 Å². The second-order valence-corrected chi connectivity index (χ2v) is 6.64. The van der Waals surface area contributed by atoms with Crippen LogP contribution in [-0.4, -0.2) is 39.5 Å². The number of aromatic nitrogens is 3. The molecule has 0 spiro atoms. The molecule has 21 heavy (non-hydrogen) atoms. The summed E-state index contributed by atoms with van der Waals surface area (Å²) < 4.78 is 5.56. The maximum Gasteiger partial charge on any atom is 0.230 e. The first-order chi connectivity index (χ1) is 10.3. The molecular formula is C14H22N4O2S. The third kappa shape index (κ3) is 4.20. The molecule has 0 aromatic carbocycles. The lowest BCUT2D eigenvalue weighted by molar-refractivity contribution is -0.119. The van der Waals surface area contributed by atoms with E-state index < -0.39 is 0 Å². The Morgan fingerprint density at radius 3 is 2.90 bits per heavy atom. The first-order valence-corrected chi connectivity index (χ1v) is 8.76. The van der Waals surface area contributed by atoms with Gasteiger partial charge in [0, 0.05) is 12.6 Å². The molecule has 1 aliphatic carbocycles. The van der Waals surface area contributed by atoms with Crippen molar-refractivity contribution in [2.75, 3.05) is 12.4 Å². The van der Waals surface area contributed by atoms with Gasteiger partial charge in [-0.05, 0) is 25.7 Å². The highest BCUT2D eigenvalue weighted by Crippen LogP contribution is 2.27. The summed E-state index contributed by atoms with van der Waals surface area (Å²) >= 11 is 1.38. The predicted molar refractivity (Wildman–Crippen MR) is 80.0 cm³/mol. The third-order valence-corrected chi connectivity index (χ3v) is 4.87. The molecule has 2 N–H and O–H groups in total. The fraction of sp³-hybridized carbons (Fsp3) is 0.786. The van der Waals surface area contributed by atoms with Gasteiger partial charge in [0.2, 0.25) is 11.1 Å². The van der Waals surface area contributed by atoms with E-state index in [-0.39, 0.29) is 12.0 Å². The van der Waals surface area contributed by atoms with Crippen LogP contribution in [0.15, 0.2) is 5.16 Å². The van der Waals surface area contributed by atoms with Crippen molar-refractivity contribution in [1.29, 1.82) is 0 Å². The Kier molecular flexibility index (Phi) is 5.13. The maximum atomic E-state index is 11.9. The Labute approximate surface area is 128 Å². The van der Waals surface area contributed by atoms with Gasteiger partial charge in [0.15, 0.2) is 5.82 Å². The second kappa shape index (κ2) is 7.26. The number of ether oxygens (including phenoxy) is 1. The molecule has 2 heterocycles. The fourth-order valence-electron chi connectivity index (χ4n) is 2.91. The third-order valence-electron chi connectivity index (χ3n) is 4.02. The lowest BCUT2D eigenvalue weighted by Crippen LogP contribution is -2.37. The molecule has 2 aliphatic rings. The fourth-order valence-corrected chi connectivity index (χ4v) is 3.52. The normalized spacial score (nSPS) is 23.3. The van der Waals surface area contributed by atoms with Crippen molar-refractivity contribution in [1.82, 2.24) is 20.5 Å². The van der Waals surface area contributed by atoms with Crippen molar-refractivity contribution in [2.45, 2.75) is 62.2 Å². The van der Waals surface area contributed by atoms with E-state index in [0.717, 1.165) is 38.1 Å². The van der Waals surface area contributed by atoms with Crippen LogP contribution in [0.1, 0.15) is 56.9 Å². The van der Waals surface area contributed by atoms with E-state index in [9.17, 15) is 4.79 Å². The molecule has 1 atom stereocenters. The number of hydrogen-bond donors (Lipinski definition) is 2. The van der Waals surface area contributed by atoms with Gasteiger partial charge >= 0.3 is 0 Å². The predicted octanol–water partition coefficient (Wildman–Crippen LogP) is 2.20. The molecule has 0 bridgehead atoms. The van der Waals surface area contributed by atoms with E-state index >= 15 is 0 Å². The van der Waals surface area contributed by atoms with Crippen LogP contribution in [0.3, 0.4) is 0 Å². The standard InChI is InChI=1S/C14H22N4O2S/c19-12(15-10-5-2-1-3-6-10)9-21-14-16-13(17-18-14)11-7-4-8-20-11/h10-11H,1-9H2,(H,15,19)(H,16,17,18)/t11-/m1/s1. The SMILES string of the molecule is O=C(CSc1n[nH]c([C@H]2CCCO2)n1)NC1CCCCC1. The van der Waals surface area contributed by atoms with E-state index in [0.29, 0.717) is 17.0 Å².